The van der Waals surface area contributed by atoms with Gasteiger partial charge in [0, 0.05) is 5.56 Å². The van der Waals surface area contributed by atoms with Crippen molar-refractivity contribution in [3.05, 3.63) is 58.9 Å². The van der Waals surface area contributed by atoms with E-state index >= 15 is 0 Å². The summed E-state index contributed by atoms with van der Waals surface area (Å²) in [5, 5.41) is 3.06. The molecule has 5 rings (SSSR count). The molecule has 1 N–H and O–H groups in total. The van der Waals surface area contributed by atoms with E-state index in [-0.39, 0.29) is 17.6 Å². The molecule has 0 aromatic heterocycles. The fourth-order valence-corrected chi connectivity index (χ4v) is 5.86. The van der Waals surface area contributed by atoms with Crippen LogP contribution in [0.3, 0.4) is 0 Å². The van der Waals surface area contributed by atoms with Crippen molar-refractivity contribution in [2.24, 2.45) is 5.92 Å². The summed E-state index contributed by atoms with van der Waals surface area (Å²) < 4.78 is 26.8. The van der Waals surface area contributed by atoms with Crippen molar-refractivity contribution in [2.75, 3.05) is 5.32 Å². The molecule has 0 bridgehead atoms. The zero-order valence-electron chi connectivity index (χ0n) is 20.3. The maximum atomic E-state index is 14.4. The third kappa shape index (κ3) is 3.29. The second-order valence-electron chi connectivity index (χ2n) is 10.9. The van der Waals surface area contributed by atoms with E-state index in [1.54, 1.807) is 6.92 Å². The summed E-state index contributed by atoms with van der Waals surface area (Å²) in [7, 11) is -0.448. The SMILES string of the molecule is Cc1c(F)ccc2c1NC(=O)C2(c1ccc(B2OC(C)(C)C(C)(C)O2)cc1)C1CCCCC1. The predicted molar refractivity (Wildman–Crippen MR) is 129 cm³/mol. The highest BCUT2D eigenvalue weighted by Gasteiger charge is 2.55. The van der Waals surface area contributed by atoms with Crippen LogP contribution in [0.15, 0.2) is 36.4 Å². The van der Waals surface area contributed by atoms with Crippen LogP contribution in [0.1, 0.15) is 76.5 Å². The molecule has 174 valence electrons. The predicted octanol–water partition coefficient (Wildman–Crippen LogP) is 5.25. The molecule has 2 aromatic rings. The molecule has 3 aliphatic rings. The van der Waals surface area contributed by atoms with E-state index in [1.165, 1.54) is 12.5 Å². The zero-order valence-corrected chi connectivity index (χ0v) is 20.3. The molecule has 0 radical (unpaired) electrons. The Bertz CT molecular complexity index is 1080. The molecule has 2 fully saturated rings. The lowest BCUT2D eigenvalue weighted by Gasteiger charge is -2.39. The van der Waals surface area contributed by atoms with Gasteiger partial charge in [-0.25, -0.2) is 4.39 Å². The molecule has 33 heavy (non-hydrogen) atoms. The first-order valence-electron chi connectivity index (χ1n) is 12.1. The van der Waals surface area contributed by atoms with Gasteiger partial charge in [-0.15, -0.1) is 0 Å². The fourth-order valence-electron chi connectivity index (χ4n) is 5.86. The molecule has 1 amide bonds. The standard InChI is InChI=1S/C27H33BFNO3/c1-17-22(29)16-15-21-23(17)30-24(31)27(21,18-9-7-6-8-10-18)19-11-13-20(14-12-19)28-32-25(2,3)26(4,5)33-28/h11-16,18H,6-10H2,1-5H3,(H,30,31). The smallest absolute Gasteiger partial charge is 0.399 e. The van der Waals surface area contributed by atoms with E-state index in [0.717, 1.165) is 42.3 Å². The van der Waals surface area contributed by atoms with Crippen molar-refractivity contribution in [1.29, 1.82) is 0 Å². The van der Waals surface area contributed by atoms with Gasteiger partial charge in [-0.3, -0.25) is 4.79 Å². The van der Waals surface area contributed by atoms with E-state index in [2.05, 4.69) is 5.32 Å². The molecule has 2 heterocycles. The lowest BCUT2D eigenvalue weighted by atomic mass is 9.61. The van der Waals surface area contributed by atoms with Crippen molar-refractivity contribution in [2.45, 2.75) is 83.3 Å². The molecule has 1 saturated carbocycles. The van der Waals surface area contributed by atoms with Gasteiger partial charge in [0.05, 0.1) is 16.9 Å². The monoisotopic (exact) mass is 449 g/mol. The van der Waals surface area contributed by atoms with Crippen LogP contribution in [-0.2, 0) is 19.5 Å². The maximum absolute atomic E-state index is 14.4. The molecular formula is C27H33BFNO3. The van der Waals surface area contributed by atoms with Gasteiger partial charge in [-0.05, 0) is 76.0 Å². The van der Waals surface area contributed by atoms with Crippen molar-refractivity contribution in [3.8, 4) is 0 Å². The molecule has 2 aliphatic heterocycles. The summed E-state index contributed by atoms with van der Waals surface area (Å²) in [5.74, 6) is -0.147. The van der Waals surface area contributed by atoms with Crippen LogP contribution in [0.4, 0.5) is 10.1 Å². The second-order valence-corrected chi connectivity index (χ2v) is 10.9. The molecule has 6 heteroatoms. The Labute approximate surface area is 196 Å². The molecular weight excluding hydrogens is 416 g/mol. The Kier molecular flexibility index (Phi) is 5.26. The normalized spacial score (nSPS) is 26.4. The molecule has 1 atom stereocenters. The summed E-state index contributed by atoms with van der Waals surface area (Å²) in [6.07, 6.45) is 5.40. The first kappa shape index (κ1) is 22.6. The average Bonchev–Trinajstić information content (AvgIpc) is 3.21. The van der Waals surface area contributed by atoms with Crippen LogP contribution >= 0.6 is 0 Å². The Morgan fingerprint density at radius 1 is 0.939 bits per heavy atom. The van der Waals surface area contributed by atoms with E-state index in [4.69, 9.17) is 9.31 Å². The van der Waals surface area contributed by atoms with E-state index in [0.29, 0.717) is 11.3 Å². The summed E-state index contributed by atoms with van der Waals surface area (Å²) in [6.45, 7) is 9.91. The maximum Gasteiger partial charge on any atom is 0.494 e. The van der Waals surface area contributed by atoms with E-state index in [9.17, 15) is 9.18 Å². The number of benzene rings is 2. The summed E-state index contributed by atoms with van der Waals surface area (Å²) in [6, 6.07) is 11.4. The van der Waals surface area contributed by atoms with Gasteiger partial charge in [0.2, 0.25) is 5.91 Å². The summed E-state index contributed by atoms with van der Waals surface area (Å²) >= 11 is 0. The lowest BCUT2D eigenvalue weighted by molar-refractivity contribution is -0.121. The number of nitrogens with one attached hydrogen (secondary N) is 1. The van der Waals surface area contributed by atoms with Gasteiger partial charge in [-0.2, -0.15) is 0 Å². The van der Waals surface area contributed by atoms with Crippen molar-refractivity contribution >= 4 is 24.2 Å². The number of fused-ring (bicyclic) bond motifs is 1. The van der Waals surface area contributed by atoms with Crippen LogP contribution in [0.2, 0.25) is 0 Å². The van der Waals surface area contributed by atoms with Gasteiger partial charge in [-0.1, -0.05) is 49.6 Å². The van der Waals surface area contributed by atoms with Gasteiger partial charge in [0.15, 0.2) is 0 Å². The topological polar surface area (TPSA) is 47.6 Å². The Balaban J connectivity index is 1.59. The Morgan fingerprint density at radius 2 is 1.55 bits per heavy atom. The number of amides is 1. The molecule has 1 unspecified atom stereocenters. The molecule has 4 nitrogen and oxygen atoms in total. The van der Waals surface area contributed by atoms with Gasteiger partial charge >= 0.3 is 7.12 Å². The number of hydrogen-bond donors (Lipinski definition) is 1. The average molecular weight is 449 g/mol. The van der Waals surface area contributed by atoms with Gasteiger partial charge in [0.25, 0.3) is 0 Å². The molecule has 1 saturated heterocycles. The minimum Gasteiger partial charge on any atom is -0.399 e. The van der Waals surface area contributed by atoms with Crippen LogP contribution in [0, 0.1) is 18.7 Å². The Morgan fingerprint density at radius 3 is 2.15 bits per heavy atom. The van der Waals surface area contributed by atoms with E-state index < -0.39 is 23.7 Å². The third-order valence-electron chi connectivity index (χ3n) is 8.53. The fraction of sp³-hybridized carbons (Fsp3) is 0.519. The highest BCUT2D eigenvalue weighted by molar-refractivity contribution is 6.62. The molecule has 2 aromatic carbocycles. The number of carbonyl (C=O) groups excluding carboxylic acids is 1. The highest BCUT2D eigenvalue weighted by atomic mass is 19.1. The number of rotatable bonds is 3. The number of carbonyl (C=O) groups is 1. The minimum atomic E-state index is -0.803. The number of anilines is 1. The van der Waals surface area contributed by atoms with Crippen molar-refractivity contribution < 1.29 is 18.5 Å². The zero-order chi connectivity index (χ0) is 23.6. The minimum absolute atomic E-state index is 0.0403. The highest BCUT2D eigenvalue weighted by Crippen LogP contribution is 2.53. The first-order chi connectivity index (χ1) is 15.6. The number of hydrogen-bond acceptors (Lipinski definition) is 3. The van der Waals surface area contributed by atoms with E-state index in [1.807, 2.05) is 58.0 Å². The third-order valence-corrected chi connectivity index (χ3v) is 8.53. The number of halogens is 1. The second kappa shape index (κ2) is 7.67. The van der Waals surface area contributed by atoms with Crippen molar-refractivity contribution in [3.63, 3.8) is 0 Å². The van der Waals surface area contributed by atoms with Gasteiger partial charge < -0.3 is 14.6 Å². The molecule has 1 aliphatic carbocycles. The summed E-state index contributed by atoms with van der Waals surface area (Å²) in [4.78, 5) is 13.7. The van der Waals surface area contributed by atoms with Crippen LogP contribution in [-0.4, -0.2) is 24.2 Å². The van der Waals surface area contributed by atoms with Gasteiger partial charge in [0.1, 0.15) is 11.2 Å². The largest absolute Gasteiger partial charge is 0.494 e. The Hall–Kier alpha value is -2.18. The van der Waals surface area contributed by atoms with Crippen LogP contribution in [0.5, 0.6) is 0 Å². The van der Waals surface area contributed by atoms with Crippen LogP contribution < -0.4 is 10.8 Å². The van der Waals surface area contributed by atoms with Crippen LogP contribution in [0.25, 0.3) is 0 Å². The first-order valence-corrected chi connectivity index (χ1v) is 12.1. The lowest BCUT2D eigenvalue weighted by Crippen LogP contribution is -2.44. The summed E-state index contributed by atoms with van der Waals surface area (Å²) in [5.41, 5.74) is 2.32. The molecule has 0 spiro atoms. The van der Waals surface area contributed by atoms with Crippen molar-refractivity contribution in [1.82, 2.24) is 0 Å². The quantitative estimate of drug-likeness (QED) is 0.651.